The van der Waals surface area contributed by atoms with Crippen LogP contribution in [0.2, 0.25) is 10.0 Å². The summed E-state index contributed by atoms with van der Waals surface area (Å²) in [7, 11) is 0. The molecule has 2 rings (SSSR count). The van der Waals surface area contributed by atoms with Crippen LogP contribution in [0.3, 0.4) is 0 Å². The summed E-state index contributed by atoms with van der Waals surface area (Å²) in [6, 6.07) is 6.84. The molecular formula is C12H5BrCl2F2. The largest absolute Gasteiger partial charge is 0.206 e. The van der Waals surface area contributed by atoms with Crippen molar-refractivity contribution >= 4 is 39.1 Å². The Hall–Kier alpha value is -0.640. The standard InChI is InChI=1S/C12H5BrCl2F2/c13-6-3-10(16)12(11(17)4-6)8-5-7(14)1-2-9(8)15/h1-5H. The first-order valence-electron chi connectivity index (χ1n) is 4.59. The minimum absolute atomic E-state index is 0.180. The van der Waals surface area contributed by atoms with Gasteiger partial charge in [0.15, 0.2) is 0 Å². The predicted octanol–water partition coefficient (Wildman–Crippen LogP) is 5.70. The summed E-state index contributed by atoms with van der Waals surface area (Å²) in [5.41, 5.74) is 0.0577. The van der Waals surface area contributed by atoms with Gasteiger partial charge in [0.2, 0.25) is 0 Å². The SMILES string of the molecule is Fc1cc(Br)cc(F)c1-c1cc(Cl)ccc1Cl. The van der Waals surface area contributed by atoms with E-state index in [1.54, 1.807) is 6.07 Å². The molecule has 0 aliphatic carbocycles. The number of benzene rings is 2. The summed E-state index contributed by atoms with van der Waals surface area (Å²) in [6.07, 6.45) is 0. The second kappa shape index (κ2) is 4.92. The molecule has 0 aliphatic heterocycles. The molecule has 5 heteroatoms. The van der Waals surface area contributed by atoms with Gasteiger partial charge in [-0.2, -0.15) is 0 Å². The zero-order valence-corrected chi connectivity index (χ0v) is 11.4. The van der Waals surface area contributed by atoms with Gasteiger partial charge in [0.25, 0.3) is 0 Å². The van der Waals surface area contributed by atoms with Crippen LogP contribution in [0.1, 0.15) is 0 Å². The zero-order valence-electron chi connectivity index (χ0n) is 8.28. The zero-order chi connectivity index (χ0) is 12.6. The Labute approximate surface area is 115 Å². The van der Waals surface area contributed by atoms with E-state index in [1.807, 2.05) is 0 Å². The van der Waals surface area contributed by atoms with E-state index in [0.717, 1.165) is 0 Å². The Morgan fingerprint density at radius 2 is 1.53 bits per heavy atom. The highest BCUT2D eigenvalue weighted by Gasteiger charge is 2.15. The van der Waals surface area contributed by atoms with Crippen molar-refractivity contribution in [3.05, 3.63) is 56.5 Å². The molecule has 0 bridgehead atoms. The van der Waals surface area contributed by atoms with Crippen molar-refractivity contribution in [1.29, 1.82) is 0 Å². The molecule has 0 radical (unpaired) electrons. The molecule has 0 nitrogen and oxygen atoms in total. The van der Waals surface area contributed by atoms with Gasteiger partial charge in [-0.3, -0.25) is 0 Å². The summed E-state index contributed by atoms with van der Waals surface area (Å²) < 4.78 is 27.8. The first-order chi connectivity index (χ1) is 7.99. The Morgan fingerprint density at radius 3 is 2.12 bits per heavy atom. The highest BCUT2D eigenvalue weighted by molar-refractivity contribution is 9.10. The topological polar surface area (TPSA) is 0 Å². The first-order valence-corrected chi connectivity index (χ1v) is 6.14. The summed E-state index contributed by atoms with van der Waals surface area (Å²) >= 11 is 14.7. The average molecular weight is 338 g/mol. The lowest BCUT2D eigenvalue weighted by Gasteiger charge is -2.08. The van der Waals surface area contributed by atoms with Crippen molar-refractivity contribution in [2.75, 3.05) is 0 Å². The maximum Gasteiger partial charge on any atom is 0.135 e. The smallest absolute Gasteiger partial charge is 0.135 e. The normalized spacial score (nSPS) is 10.6. The fourth-order valence-corrected chi connectivity index (χ4v) is 2.27. The van der Waals surface area contributed by atoms with E-state index in [1.165, 1.54) is 24.3 Å². The van der Waals surface area contributed by atoms with Crippen LogP contribution < -0.4 is 0 Å². The molecule has 2 aromatic carbocycles. The minimum Gasteiger partial charge on any atom is -0.206 e. The lowest BCUT2D eigenvalue weighted by molar-refractivity contribution is 0.588. The van der Waals surface area contributed by atoms with Gasteiger partial charge in [-0.25, -0.2) is 8.78 Å². The van der Waals surface area contributed by atoms with Crippen molar-refractivity contribution in [2.24, 2.45) is 0 Å². The van der Waals surface area contributed by atoms with Gasteiger partial charge in [0.05, 0.1) is 5.56 Å². The van der Waals surface area contributed by atoms with Crippen LogP contribution in [-0.2, 0) is 0 Å². The Balaban J connectivity index is 2.72. The molecule has 17 heavy (non-hydrogen) atoms. The second-order valence-electron chi connectivity index (χ2n) is 3.37. The molecule has 0 heterocycles. The van der Waals surface area contributed by atoms with Crippen LogP contribution in [0.5, 0.6) is 0 Å². The third-order valence-corrected chi connectivity index (χ3v) is 3.23. The molecule has 0 unspecified atom stereocenters. The molecule has 0 spiro atoms. The number of hydrogen-bond acceptors (Lipinski definition) is 0. The molecule has 0 aliphatic rings. The first kappa shape index (κ1) is 12.8. The lowest BCUT2D eigenvalue weighted by Crippen LogP contribution is -1.91. The molecular weight excluding hydrogens is 333 g/mol. The monoisotopic (exact) mass is 336 g/mol. The third-order valence-electron chi connectivity index (χ3n) is 2.20. The molecule has 0 aromatic heterocycles. The van der Waals surface area contributed by atoms with Crippen LogP contribution in [0, 0.1) is 11.6 Å². The molecule has 2 aromatic rings. The van der Waals surface area contributed by atoms with E-state index in [4.69, 9.17) is 23.2 Å². The molecule has 0 fully saturated rings. The van der Waals surface area contributed by atoms with Crippen LogP contribution >= 0.6 is 39.1 Å². The molecule has 0 amide bonds. The number of halogens is 5. The van der Waals surface area contributed by atoms with Crippen LogP contribution in [0.4, 0.5) is 8.78 Å². The van der Waals surface area contributed by atoms with E-state index in [-0.39, 0.29) is 16.1 Å². The highest BCUT2D eigenvalue weighted by atomic mass is 79.9. The van der Waals surface area contributed by atoms with E-state index in [2.05, 4.69) is 15.9 Å². The van der Waals surface area contributed by atoms with Crippen LogP contribution in [-0.4, -0.2) is 0 Å². The van der Waals surface area contributed by atoms with Crippen molar-refractivity contribution in [2.45, 2.75) is 0 Å². The van der Waals surface area contributed by atoms with Gasteiger partial charge < -0.3 is 0 Å². The van der Waals surface area contributed by atoms with Gasteiger partial charge in [-0.05, 0) is 30.3 Å². The number of hydrogen-bond donors (Lipinski definition) is 0. The molecule has 0 N–H and O–H groups in total. The second-order valence-corrected chi connectivity index (χ2v) is 5.13. The van der Waals surface area contributed by atoms with Crippen molar-refractivity contribution in [1.82, 2.24) is 0 Å². The molecule has 0 atom stereocenters. The van der Waals surface area contributed by atoms with Gasteiger partial charge in [-0.15, -0.1) is 0 Å². The highest BCUT2D eigenvalue weighted by Crippen LogP contribution is 2.35. The van der Waals surface area contributed by atoms with Gasteiger partial charge in [-0.1, -0.05) is 39.1 Å². The average Bonchev–Trinajstić information content (AvgIpc) is 2.21. The van der Waals surface area contributed by atoms with Gasteiger partial charge >= 0.3 is 0 Å². The van der Waals surface area contributed by atoms with E-state index >= 15 is 0 Å². The molecule has 88 valence electrons. The fourth-order valence-electron chi connectivity index (χ4n) is 1.49. The van der Waals surface area contributed by atoms with Crippen LogP contribution in [0.15, 0.2) is 34.8 Å². The third kappa shape index (κ3) is 2.62. The molecule has 0 saturated carbocycles. The van der Waals surface area contributed by atoms with Gasteiger partial charge in [0, 0.05) is 20.1 Å². The lowest BCUT2D eigenvalue weighted by atomic mass is 10.0. The van der Waals surface area contributed by atoms with Gasteiger partial charge in [0.1, 0.15) is 11.6 Å². The maximum absolute atomic E-state index is 13.7. The van der Waals surface area contributed by atoms with Crippen LogP contribution in [0.25, 0.3) is 11.1 Å². The summed E-state index contributed by atoms with van der Waals surface area (Å²) in [6.45, 7) is 0. The summed E-state index contributed by atoms with van der Waals surface area (Å²) in [5.74, 6) is -1.39. The minimum atomic E-state index is -0.693. The Kier molecular flexibility index (Phi) is 3.71. The van der Waals surface area contributed by atoms with Crippen molar-refractivity contribution in [3.63, 3.8) is 0 Å². The van der Waals surface area contributed by atoms with Crippen molar-refractivity contribution in [3.8, 4) is 11.1 Å². The van der Waals surface area contributed by atoms with E-state index < -0.39 is 11.6 Å². The Morgan fingerprint density at radius 1 is 0.941 bits per heavy atom. The summed E-state index contributed by atoms with van der Waals surface area (Å²) in [5, 5.41) is 0.612. The van der Waals surface area contributed by atoms with E-state index in [0.29, 0.717) is 9.50 Å². The van der Waals surface area contributed by atoms with E-state index in [9.17, 15) is 8.78 Å². The van der Waals surface area contributed by atoms with Crippen molar-refractivity contribution < 1.29 is 8.78 Å². The fraction of sp³-hybridized carbons (Fsp3) is 0. The molecule has 0 saturated heterocycles. The summed E-state index contributed by atoms with van der Waals surface area (Å²) in [4.78, 5) is 0. The predicted molar refractivity (Wildman–Crippen MR) is 69.5 cm³/mol. The Bertz CT molecular complexity index is 562. The quantitative estimate of drug-likeness (QED) is 0.626. The maximum atomic E-state index is 13.7. The number of rotatable bonds is 1.